The van der Waals surface area contributed by atoms with Crippen LogP contribution in [0.15, 0.2) is 0 Å². The van der Waals surface area contributed by atoms with E-state index in [4.69, 9.17) is 5.84 Å². The number of hydrazine groups is 1. The zero-order chi connectivity index (χ0) is 12.8. The van der Waals surface area contributed by atoms with Gasteiger partial charge in [0.15, 0.2) is 0 Å². The molecule has 0 aliphatic carbocycles. The monoisotopic (exact) mass is 229 g/mol. The lowest BCUT2D eigenvalue weighted by Gasteiger charge is -2.46. The maximum atomic E-state index is 5.75. The van der Waals surface area contributed by atoms with Crippen LogP contribution in [0.1, 0.15) is 54.4 Å². The van der Waals surface area contributed by atoms with Crippen LogP contribution < -0.4 is 11.3 Å². The van der Waals surface area contributed by atoms with Gasteiger partial charge in [-0.2, -0.15) is 0 Å². The molecule has 0 fully saturated rings. The van der Waals surface area contributed by atoms with Gasteiger partial charge in [-0.1, -0.05) is 34.6 Å². The van der Waals surface area contributed by atoms with Crippen LogP contribution in [0.5, 0.6) is 0 Å². The van der Waals surface area contributed by atoms with Crippen LogP contribution in [0, 0.1) is 5.92 Å². The van der Waals surface area contributed by atoms with Crippen molar-refractivity contribution in [1.29, 1.82) is 0 Å². The number of nitrogens with two attached hydrogens (primary N) is 1. The van der Waals surface area contributed by atoms with E-state index in [2.05, 4.69) is 51.9 Å². The fraction of sp³-hybridized carbons (Fsp3) is 1.00. The minimum absolute atomic E-state index is 0.155. The standard InChI is InChI=1S/C13H31N3/c1-7-13(6,16(8-2)9-3)12(15-14)10-11(4)5/h11-12,15H,7-10,14H2,1-6H3. The fourth-order valence-electron chi connectivity index (χ4n) is 2.61. The Morgan fingerprint density at radius 2 is 1.69 bits per heavy atom. The summed E-state index contributed by atoms with van der Waals surface area (Å²) in [5, 5.41) is 0. The third-order valence-electron chi connectivity index (χ3n) is 3.86. The van der Waals surface area contributed by atoms with Crippen molar-refractivity contribution in [3.8, 4) is 0 Å². The first kappa shape index (κ1) is 15.9. The van der Waals surface area contributed by atoms with Crippen molar-refractivity contribution in [2.45, 2.75) is 66.0 Å². The first-order valence-corrected chi connectivity index (χ1v) is 6.67. The normalized spacial score (nSPS) is 17.8. The molecule has 0 aliphatic heterocycles. The minimum atomic E-state index is 0.155. The lowest BCUT2D eigenvalue weighted by Crippen LogP contribution is -2.61. The predicted octanol–water partition coefficient (Wildman–Crippen LogP) is 2.37. The van der Waals surface area contributed by atoms with Crippen LogP contribution in [-0.2, 0) is 0 Å². The lowest BCUT2D eigenvalue weighted by molar-refractivity contribution is 0.0618. The van der Waals surface area contributed by atoms with E-state index < -0.39 is 0 Å². The van der Waals surface area contributed by atoms with Crippen molar-refractivity contribution >= 4 is 0 Å². The Kier molecular flexibility index (Phi) is 7.20. The Morgan fingerprint density at radius 1 is 1.19 bits per heavy atom. The summed E-state index contributed by atoms with van der Waals surface area (Å²) in [5.74, 6) is 6.42. The van der Waals surface area contributed by atoms with Crippen LogP contribution in [0.2, 0.25) is 0 Å². The molecule has 0 heterocycles. The molecule has 0 rings (SSSR count). The zero-order valence-corrected chi connectivity index (χ0v) is 12.0. The molecule has 0 aliphatic rings. The molecule has 0 saturated carbocycles. The van der Waals surface area contributed by atoms with E-state index in [0.717, 1.165) is 25.9 Å². The van der Waals surface area contributed by atoms with Crippen LogP contribution in [0.3, 0.4) is 0 Å². The molecule has 2 atom stereocenters. The van der Waals surface area contributed by atoms with Crippen LogP contribution in [0.4, 0.5) is 0 Å². The van der Waals surface area contributed by atoms with Gasteiger partial charge in [0.25, 0.3) is 0 Å². The third kappa shape index (κ3) is 3.72. The van der Waals surface area contributed by atoms with Gasteiger partial charge in [-0.3, -0.25) is 16.2 Å². The molecule has 98 valence electrons. The molecule has 3 nitrogen and oxygen atoms in total. The van der Waals surface area contributed by atoms with Gasteiger partial charge in [0.05, 0.1) is 0 Å². The molecule has 0 aromatic rings. The van der Waals surface area contributed by atoms with Crippen molar-refractivity contribution in [3.63, 3.8) is 0 Å². The molecule has 0 bridgehead atoms. The maximum Gasteiger partial charge on any atom is 0.0394 e. The average Bonchev–Trinajstić information content (AvgIpc) is 2.26. The quantitative estimate of drug-likeness (QED) is 0.496. The predicted molar refractivity (Wildman–Crippen MR) is 72.2 cm³/mol. The van der Waals surface area contributed by atoms with E-state index in [1.165, 1.54) is 0 Å². The molecule has 0 radical (unpaired) electrons. The average molecular weight is 229 g/mol. The Labute approximate surface area is 102 Å². The number of rotatable bonds is 8. The molecule has 0 spiro atoms. The number of hydrogen-bond acceptors (Lipinski definition) is 3. The maximum absolute atomic E-state index is 5.75. The summed E-state index contributed by atoms with van der Waals surface area (Å²) in [6.07, 6.45) is 2.24. The Bertz CT molecular complexity index is 178. The highest BCUT2D eigenvalue weighted by Gasteiger charge is 2.36. The molecule has 3 N–H and O–H groups in total. The summed E-state index contributed by atoms with van der Waals surface area (Å²) < 4.78 is 0. The van der Waals surface area contributed by atoms with E-state index in [0.29, 0.717) is 12.0 Å². The number of hydrogen-bond donors (Lipinski definition) is 2. The molecule has 0 aromatic carbocycles. The molecule has 0 aromatic heterocycles. The van der Waals surface area contributed by atoms with Gasteiger partial charge in [0.2, 0.25) is 0 Å². The molecule has 16 heavy (non-hydrogen) atoms. The highest BCUT2D eigenvalue weighted by atomic mass is 15.3. The summed E-state index contributed by atoms with van der Waals surface area (Å²) in [5.41, 5.74) is 3.19. The fourth-order valence-corrected chi connectivity index (χ4v) is 2.61. The van der Waals surface area contributed by atoms with Crippen LogP contribution in [-0.4, -0.2) is 29.6 Å². The van der Waals surface area contributed by atoms with Gasteiger partial charge in [-0.25, -0.2) is 0 Å². The largest absolute Gasteiger partial charge is 0.297 e. The topological polar surface area (TPSA) is 41.3 Å². The van der Waals surface area contributed by atoms with Gasteiger partial charge in [0.1, 0.15) is 0 Å². The summed E-state index contributed by atoms with van der Waals surface area (Å²) in [7, 11) is 0. The lowest BCUT2D eigenvalue weighted by atomic mass is 9.83. The van der Waals surface area contributed by atoms with Crippen molar-refractivity contribution in [3.05, 3.63) is 0 Å². The second-order valence-electron chi connectivity index (χ2n) is 5.23. The van der Waals surface area contributed by atoms with E-state index in [-0.39, 0.29) is 5.54 Å². The van der Waals surface area contributed by atoms with Gasteiger partial charge in [-0.15, -0.1) is 0 Å². The summed E-state index contributed by atoms with van der Waals surface area (Å²) in [4.78, 5) is 2.51. The highest BCUT2D eigenvalue weighted by molar-refractivity contribution is 4.95. The zero-order valence-electron chi connectivity index (χ0n) is 12.0. The van der Waals surface area contributed by atoms with Gasteiger partial charge in [-0.05, 0) is 38.8 Å². The summed E-state index contributed by atoms with van der Waals surface area (Å²) in [6, 6.07) is 0.359. The number of nitrogens with zero attached hydrogens (tertiary/aromatic N) is 1. The van der Waals surface area contributed by atoms with Crippen molar-refractivity contribution in [1.82, 2.24) is 10.3 Å². The van der Waals surface area contributed by atoms with E-state index in [9.17, 15) is 0 Å². The van der Waals surface area contributed by atoms with Crippen molar-refractivity contribution in [2.24, 2.45) is 11.8 Å². The summed E-state index contributed by atoms with van der Waals surface area (Å²) in [6.45, 7) is 15.7. The second-order valence-corrected chi connectivity index (χ2v) is 5.23. The molecule has 0 amide bonds. The van der Waals surface area contributed by atoms with Gasteiger partial charge < -0.3 is 0 Å². The Hall–Kier alpha value is -0.120. The first-order valence-electron chi connectivity index (χ1n) is 6.67. The van der Waals surface area contributed by atoms with E-state index in [1.54, 1.807) is 0 Å². The Balaban J connectivity index is 4.86. The molecular formula is C13H31N3. The van der Waals surface area contributed by atoms with E-state index in [1.807, 2.05) is 0 Å². The van der Waals surface area contributed by atoms with Gasteiger partial charge >= 0.3 is 0 Å². The van der Waals surface area contributed by atoms with Crippen molar-refractivity contribution < 1.29 is 0 Å². The summed E-state index contributed by atoms with van der Waals surface area (Å²) >= 11 is 0. The molecule has 3 heteroatoms. The molecular weight excluding hydrogens is 198 g/mol. The number of likely N-dealkylation sites (N-methyl/N-ethyl adjacent to an activating group) is 1. The third-order valence-corrected chi connectivity index (χ3v) is 3.86. The van der Waals surface area contributed by atoms with E-state index >= 15 is 0 Å². The molecule has 2 unspecified atom stereocenters. The first-order chi connectivity index (χ1) is 7.46. The number of nitrogens with one attached hydrogen (secondary N) is 1. The minimum Gasteiger partial charge on any atom is -0.297 e. The van der Waals surface area contributed by atoms with Crippen LogP contribution >= 0.6 is 0 Å². The van der Waals surface area contributed by atoms with Crippen LogP contribution in [0.25, 0.3) is 0 Å². The SMILES string of the molecule is CCN(CC)C(C)(CC)C(CC(C)C)NN. The smallest absolute Gasteiger partial charge is 0.0394 e. The second kappa shape index (κ2) is 7.25. The Morgan fingerprint density at radius 3 is 1.94 bits per heavy atom. The van der Waals surface area contributed by atoms with Gasteiger partial charge in [0, 0.05) is 11.6 Å². The van der Waals surface area contributed by atoms with Crippen molar-refractivity contribution in [2.75, 3.05) is 13.1 Å². The highest BCUT2D eigenvalue weighted by Crippen LogP contribution is 2.27. The molecule has 0 saturated heterocycles.